The van der Waals surface area contributed by atoms with E-state index in [0.29, 0.717) is 16.6 Å². The van der Waals surface area contributed by atoms with Crippen molar-refractivity contribution in [1.29, 1.82) is 0 Å². The molecule has 1 aromatic heterocycles. The van der Waals surface area contributed by atoms with Crippen molar-refractivity contribution in [2.75, 3.05) is 10.6 Å². The minimum absolute atomic E-state index is 0.440. The molecule has 2 heterocycles. The molecule has 3 rings (SSSR count). The van der Waals surface area contributed by atoms with E-state index in [4.69, 9.17) is 4.74 Å². The van der Waals surface area contributed by atoms with Gasteiger partial charge >= 0.3 is 0 Å². The third-order valence-corrected chi connectivity index (χ3v) is 4.23. The molecule has 0 saturated heterocycles. The maximum Gasteiger partial charge on any atom is 0.280 e. The number of nitrogens with one attached hydrogen (secondary N) is 2. The number of thiazole rings is 1. The highest BCUT2D eigenvalue weighted by Crippen LogP contribution is 2.35. The first-order valence-corrected chi connectivity index (χ1v) is 7.55. The van der Waals surface area contributed by atoms with E-state index in [0.717, 1.165) is 10.4 Å². The lowest BCUT2D eigenvalue weighted by atomic mass is 10.0. The van der Waals surface area contributed by atoms with Gasteiger partial charge in [0.25, 0.3) is 17.4 Å². The second kappa shape index (κ2) is 5.10. The lowest BCUT2D eigenvalue weighted by Gasteiger charge is -2.33. The van der Waals surface area contributed by atoms with Gasteiger partial charge in [-0.15, -0.1) is 11.3 Å². The zero-order valence-corrected chi connectivity index (χ0v) is 13.2. The van der Waals surface area contributed by atoms with Crippen LogP contribution in [-0.2, 0) is 9.59 Å². The van der Waals surface area contributed by atoms with Gasteiger partial charge < -0.3 is 10.1 Å². The van der Waals surface area contributed by atoms with Crippen LogP contribution in [0.25, 0.3) is 0 Å². The molecule has 114 valence electrons. The Hall–Kier alpha value is -2.41. The van der Waals surface area contributed by atoms with Crippen molar-refractivity contribution in [3.05, 3.63) is 34.8 Å². The normalized spacial score (nSPS) is 19.9. The summed E-state index contributed by atoms with van der Waals surface area (Å²) >= 11 is 1.34. The number of benzene rings is 1. The second-order valence-electron chi connectivity index (χ2n) is 5.32. The second-order valence-corrected chi connectivity index (χ2v) is 6.55. The highest BCUT2D eigenvalue weighted by molar-refractivity contribution is 7.15. The molecule has 0 unspecified atom stereocenters. The number of amides is 2. The fraction of sp³-hybridized carbons (Fsp3) is 0.267. The molecule has 0 fully saturated rings. The zero-order valence-electron chi connectivity index (χ0n) is 12.4. The van der Waals surface area contributed by atoms with Crippen LogP contribution in [0.1, 0.15) is 17.4 Å². The van der Waals surface area contributed by atoms with Crippen molar-refractivity contribution < 1.29 is 14.3 Å². The Balaban J connectivity index is 1.87. The molecule has 2 aromatic rings. The number of carbonyl (C=O) groups is 2. The number of aromatic nitrogens is 1. The maximum atomic E-state index is 12.5. The molecule has 0 saturated carbocycles. The number of hydrogen-bond acceptors (Lipinski definition) is 5. The average molecular weight is 317 g/mol. The molecule has 2 N–H and O–H groups in total. The molecule has 0 aliphatic carbocycles. The van der Waals surface area contributed by atoms with E-state index in [1.807, 2.05) is 19.9 Å². The largest absolute Gasteiger partial charge is 0.466 e. The van der Waals surface area contributed by atoms with Crippen LogP contribution >= 0.6 is 11.3 Å². The molecule has 0 bridgehead atoms. The predicted octanol–water partition coefficient (Wildman–Crippen LogP) is 2.49. The summed E-state index contributed by atoms with van der Waals surface area (Å²) < 4.78 is 5.68. The van der Waals surface area contributed by atoms with Gasteiger partial charge in [0, 0.05) is 11.1 Å². The number of anilines is 2. The summed E-state index contributed by atoms with van der Waals surface area (Å²) in [7, 11) is 0. The monoisotopic (exact) mass is 317 g/mol. The van der Waals surface area contributed by atoms with Crippen molar-refractivity contribution in [2.24, 2.45) is 0 Å². The van der Waals surface area contributed by atoms with E-state index in [1.54, 1.807) is 18.3 Å². The van der Waals surface area contributed by atoms with Crippen LogP contribution in [0.15, 0.2) is 24.4 Å². The van der Waals surface area contributed by atoms with Gasteiger partial charge in [-0.3, -0.25) is 14.9 Å². The minimum atomic E-state index is -1.64. The maximum absolute atomic E-state index is 12.5. The van der Waals surface area contributed by atoms with Gasteiger partial charge in [-0.2, -0.15) is 0 Å². The molecule has 1 aromatic carbocycles. The fourth-order valence-corrected chi connectivity index (χ4v) is 2.78. The number of rotatable bonds is 2. The third-order valence-electron chi connectivity index (χ3n) is 3.41. The summed E-state index contributed by atoms with van der Waals surface area (Å²) in [6.45, 7) is 5.25. The van der Waals surface area contributed by atoms with Crippen LogP contribution in [0.2, 0.25) is 0 Å². The standard InChI is InChI=1S/C15H15N3O3S/c1-8-4-5-11-10(6-8)17-12(19)15(3,21-11)13(20)18-14-16-7-9(2)22-14/h4-7H,1-3H3,(H,17,19)(H,16,18,20)/t15-/m1/s1. The minimum Gasteiger partial charge on any atom is -0.466 e. The molecule has 6 nitrogen and oxygen atoms in total. The van der Waals surface area contributed by atoms with Gasteiger partial charge in [0.15, 0.2) is 5.13 Å². The van der Waals surface area contributed by atoms with Crippen molar-refractivity contribution >= 4 is 34.0 Å². The SMILES string of the molecule is Cc1ccc2c(c1)NC(=O)[C@](C)(C(=O)Nc1ncc(C)s1)O2. The van der Waals surface area contributed by atoms with Crippen LogP contribution in [-0.4, -0.2) is 22.4 Å². The Bertz CT molecular complexity index is 771. The summed E-state index contributed by atoms with van der Waals surface area (Å²) in [5.41, 5.74) is -0.0729. The lowest BCUT2D eigenvalue weighted by Crippen LogP contribution is -2.56. The topological polar surface area (TPSA) is 80.3 Å². The molecule has 1 aliphatic heterocycles. The van der Waals surface area contributed by atoms with E-state index in [2.05, 4.69) is 15.6 Å². The smallest absolute Gasteiger partial charge is 0.280 e. The average Bonchev–Trinajstić information content (AvgIpc) is 2.86. The van der Waals surface area contributed by atoms with Gasteiger partial charge in [0.1, 0.15) is 5.75 Å². The molecule has 0 spiro atoms. The molecule has 1 aliphatic rings. The number of nitrogens with zero attached hydrogens (tertiary/aromatic N) is 1. The van der Waals surface area contributed by atoms with Crippen molar-refractivity contribution in [2.45, 2.75) is 26.4 Å². The van der Waals surface area contributed by atoms with Crippen molar-refractivity contribution in [1.82, 2.24) is 4.98 Å². The molecule has 22 heavy (non-hydrogen) atoms. The number of ether oxygens (including phenoxy) is 1. The predicted molar refractivity (Wildman–Crippen MR) is 84.3 cm³/mol. The first-order valence-electron chi connectivity index (χ1n) is 6.73. The molecular formula is C15H15N3O3S. The highest BCUT2D eigenvalue weighted by atomic mass is 32.1. The Morgan fingerprint density at radius 1 is 1.41 bits per heavy atom. The number of fused-ring (bicyclic) bond motifs is 1. The molecule has 0 radical (unpaired) electrons. The number of aryl methyl sites for hydroxylation is 2. The summed E-state index contributed by atoms with van der Waals surface area (Å²) in [6, 6.07) is 5.40. The van der Waals surface area contributed by atoms with Crippen molar-refractivity contribution in [3.63, 3.8) is 0 Å². The summed E-state index contributed by atoms with van der Waals surface area (Å²) in [5.74, 6) is -0.583. The Labute approximate surface area is 131 Å². The zero-order chi connectivity index (χ0) is 15.9. The van der Waals surface area contributed by atoms with Crippen LogP contribution in [0.3, 0.4) is 0 Å². The fourth-order valence-electron chi connectivity index (χ4n) is 2.12. The third kappa shape index (κ3) is 2.43. The van der Waals surface area contributed by atoms with Gasteiger partial charge in [0.05, 0.1) is 5.69 Å². The Morgan fingerprint density at radius 3 is 2.86 bits per heavy atom. The first kappa shape index (κ1) is 14.5. The van der Waals surface area contributed by atoms with Crippen LogP contribution in [0, 0.1) is 13.8 Å². The highest BCUT2D eigenvalue weighted by Gasteiger charge is 2.47. The van der Waals surface area contributed by atoms with Crippen LogP contribution in [0.5, 0.6) is 5.75 Å². The quantitative estimate of drug-likeness (QED) is 0.834. The summed E-state index contributed by atoms with van der Waals surface area (Å²) in [6.07, 6.45) is 1.66. The van der Waals surface area contributed by atoms with E-state index in [9.17, 15) is 9.59 Å². The molecular weight excluding hydrogens is 302 g/mol. The van der Waals surface area contributed by atoms with Crippen LogP contribution in [0.4, 0.5) is 10.8 Å². The Kier molecular flexibility index (Phi) is 3.37. The number of hydrogen-bond donors (Lipinski definition) is 2. The molecule has 2 amide bonds. The van der Waals surface area contributed by atoms with Crippen molar-refractivity contribution in [3.8, 4) is 5.75 Å². The van der Waals surface area contributed by atoms with Gasteiger partial charge in [0.2, 0.25) is 0 Å². The van der Waals surface area contributed by atoms with Gasteiger partial charge in [-0.05, 0) is 38.5 Å². The van der Waals surface area contributed by atoms with E-state index < -0.39 is 17.4 Å². The van der Waals surface area contributed by atoms with E-state index in [-0.39, 0.29) is 0 Å². The first-order chi connectivity index (χ1) is 10.4. The van der Waals surface area contributed by atoms with Gasteiger partial charge in [-0.1, -0.05) is 6.07 Å². The van der Waals surface area contributed by atoms with Gasteiger partial charge in [-0.25, -0.2) is 4.98 Å². The summed E-state index contributed by atoms with van der Waals surface area (Å²) in [5, 5.41) is 5.79. The van der Waals surface area contributed by atoms with E-state index >= 15 is 0 Å². The molecule has 7 heteroatoms. The number of carbonyl (C=O) groups excluding carboxylic acids is 2. The lowest BCUT2D eigenvalue weighted by molar-refractivity contribution is -0.143. The molecule has 1 atom stereocenters. The van der Waals surface area contributed by atoms with Crippen LogP contribution < -0.4 is 15.4 Å². The summed E-state index contributed by atoms with van der Waals surface area (Å²) in [4.78, 5) is 29.8. The Morgan fingerprint density at radius 2 is 2.18 bits per heavy atom. The van der Waals surface area contributed by atoms with E-state index in [1.165, 1.54) is 18.3 Å².